The van der Waals surface area contributed by atoms with Gasteiger partial charge in [-0.05, 0) is 86.3 Å². The molecule has 1 aromatic rings. The summed E-state index contributed by atoms with van der Waals surface area (Å²) >= 11 is 0. The summed E-state index contributed by atoms with van der Waals surface area (Å²) in [7, 11) is 1.10. The van der Waals surface area contributed by atoms with Crippen LogP contribution in [-0.2, 0) is 14.3 Å². The predicted molar refractivity (Wildman–Crippen MR) is 173 cm³/mol. The van der Waals surface area contributed by atoms with Gasteiger partial charge in [0.25, 0.3) is 0 Å². The second-order valence-electron chi connectivity index (χ2n) is 11.3. The average molecular weight is 605 g/mol. The van der Waals surface area contributed by atoms with E-state index < -0.39 is 23.3 Å². The summed E-state index contributed by atoms with van der Waals surface area (Å²) in [6, 6.07) is 0. The minimum atomic E-state index is -2.64. The third-order valence-corrected chi connectivity index (χ3v) is 8.94. The number of aliphatic hydroxyl groups is 2. The number of aliphatic carboxylic acids is 1. The Labute approximate surface area is 259 Å². The van der Waals surface area contributed by atoms with E-state index in [2.05, 4.69) is 18.5 Å². The monoisotopic (exact) mass is 604 g/mol. The van der Waals surface area contributed by atoms with E-state index in [4.69, 9.17) is 19.7 Å². The molecule has 1 aromatic heterocycles. The standard InChI is InChI=1S/C35H32N4O6/c1-8-19-15(3)22-12-24-17(5)21(10-11-28(40)41)31(38-24)30-32-29(33(42)35(30,44)34(43)45-7)18(6)25(39-32)14-27-20(9-2)16(4)23(37-27)13-26(19)36-22/h8,10-14,36,42,44H,1,9H2,2-7H3,(H,40,41). The summed E-state index contributed by atoms with van der Waals surface area (Å²) < 4.78 is 4.98. The van der Waals surface area contributed by atoms with Crippen LogP contribution in [0.3, 0.4) is 0 Å². The first-order valence-electron chi connectivity index (χ1n) is 14.4. The summed E-state index contributed by atoms with van der Waals surface area (Å²) in [5.41, 5.74) is 5.39. The Hall–Kier alpha value is -5.35. The van der Waals surface area contributed by atoms with Gasteiger partial charge < -0.3 is 25.0 Å². The Bertz CT molecular complexity index is 2130. The number of H-pyrrole nitrogens is 1. The first-order valence-corrected chi connectivity index (χ1v) is 14.4. The van der Waals surface area contributed by atoms with Crippen molar-refractivity contribution in [3.63, 3.8) is 0 Å². The van der Waals surface area contributed by atoms with E-state index >= 15 is 0 Å². The minimum Gasteiger partial charge on any atom is -0.507 e. The number of esters is 1. The third kappa shape index (κ3) is 4.16. The third-order valence-electron chi connectivity index (χ3n) is 8.94. The maximum Gasteiger partial charge on any atom is 0.350 e. The molecule has 45 heavy (non-hydrogen) atoms. The van der Waals surface area contributed by atoms with E-state index in [1.165, 1.54) is 6.08 Å². The van der Waals surface area contributed by atoms with Gasteiger partial charge in [-0.15, -0.1) is 0 Å². The largest absolute Gasteiger partial charge is 0.507 e. The average Bonchev–Trinajstić information content (AvgIpc) is 3.72. The number of nitrogens with one attached hydrogen (secondary N) is 1. The van der Waals surface area contributed by atoms with Gasteiger partial charge in [-0.1, -0.05) is 19.6 Å². The van der Waals surface area contributed by atoms with Crippen molar-refractivity contribution in [2.24, 2.45) is 15.0 Å². The van der Waals surface area contributed by atoms with E-state index in [1.54, 1.807) is 19.9 Å². The molecule has 228 valence electrons. The zero-order valence-electron chi connectivity index (χ0n) is 25.8. The Morgan fingerprint density at radius 1 is 1.02 bits per heavy atom. The molecule has 8 bridgehead atoms. The van der Waals surface area contributed by atoms with Gasteiger partial charge in [0.05, 0.1) is 46.9 Å². The summed E-state index contributed by atoms with van der Waals surface area (Å²) in [4.78, 5) is 43.0. The van der Waals surface area contributed by atoms with Gasteiger partial charge in [-0.3, -0.25) is 0 Å². The molecule has 10 heteroatoms. The maximum absolute atomic E-state index is 13.3. The van der Waals surface area contributed by atoms with E-state index in [1.807, 2.05) is 32.1 Å². The van der Waals surface area contributed by atoms with Crippen molar-refractivity contribution in [1.82, 2.24) is 4.98 Å². The molecule has 5 heterocycles. The molecule has 1 unspecified atom stereocenters. The van der Waals surface area contributed by atoms with E-state index in [0.29, 0.717) is 40.2 Å². The highest BCUT2D eigenvalue weighted by molar-refractivity contribution is 6.29. The van der Waals surface area contributed by atoms with Crippen molar-refractivity contribution < 1.29 is 29.6 Å². The number of hydrogen-bond acceptors (Lipinski definition) is 8. The lowest BCUT2D eigenvalue weighted by Crippen LogP contribution is -2.43. The van der Waals surface area contributed by atoms with Crippen LogP contribution in [0.2, 0.25) is 0 Å². The van der Waals surface area contributed by atoms with Gasteiger partial charge in [0, 0.05) is 33.5 Å². The fraction of sp³-hybridized carbons (Fsp3) is 0.229. The number of aliphatic hydroxyl groups excluding tert-OH is 1. The van der Waals surface area contributed by atoms with Crippen LogP contribution in [0.5, 0.6) is 0 Å². The van der Waals surface area contributed by atoms with Crippen LogP contribution in [0, 0.1) is 6.92 Å². The molecular weight excluding hydrogens is 572 g/mol. The highest BCUT2D eigenvalue weighted by atomic mass is 16.5. The molecule has 1 atom stereocenters. The second-order valence-corrected chi connectivity index (χ2v) is 11.3. The Balaban J connectivity index is 1.80. The molecule has 0 radical (unpaired) electrons. The van der Waals surface area contributed by atoms with Crippen LogP contribution in [0.4, 0.5) is 0 Å². The molecule has 0 aromatic carbocycles. The van der Waals surface area contributed by atoms with E-state index in [-0.39, 0.29) is 22.6 Å². The number of fused-ring (bicyclic) bond motifs is 5. The number of ether oxygens (including phenoxy) is 1. The van der Waals surface area contributed by atoms with Crippen LogP contribution in [0.1, 0.15) is 45.2 Å². The first kappa shape index (κ1) is 29.7. The van der Waals surface area contributed by atoms with Crippen LogP contribution in [-0.4, -0.2) is 62.1 Å². The summed E-state index contributed by atoms with van der Waals surface area (Å²) in [5, 5.41) is 34.6. The fourth-order valence-corrected chi connectivity index (χ4v) is 6.46. The van der Waals surface area contributed by atoms with Crippen molar-refractivity contribution in [2.75, 3.05) is 7.11 Å². The van der Waals surface area contributed by atoms with Crippen molar-refractivity contribution in [1.29, 1.82) is 0 Å². The van der Waals surface area contributed by atoms with Gasteiger partial charge in [0.2, 0.25) is 5.60 Å². The summed E-state index contributed by atoms with van der Waals surface area (Å²) in [6.45, 7) is 13.6. The molecule has 0 amide bonds. The van der Waals surface area contributed by atoms with Crippen LogP contribution in [0.25, 0.3) is 18.2 Å². The van der Waals surface area contributed by atoms with Crippen LogP contribution in [0.15, 0.2) is 102 Å². The number of allylic oxidation sites excluding steroid dienone is 7. The number of carboxylic acid groups (broad SMARTS) is 1. The quantitative estimate of drug-likeness (QED) is 0.296. The summed E-state index contributed by atoms with van der Waals surface area (Å²) in [5.74, 6) is -2.96. The number of carbonyl (C=O) groups excluding carboxylic acids is 1. The summed E-state index contributed by atoms with van der Waals surface area (Å²) in [6.07, 6.45) is 10.4. The number of aromatic amines is 1. The van der Waals surface area contributed by atoms with Crippen molar-refractivity contribution in [3.05, 3.63) is 108 Å². The molecule has 6 rings (SSSR count). The topological polar surface area (TPSA) is 157 Å². The number of methoxy groups -OCH3 is 1. The zero-order valence-corrected chi connectivity index (χ0v) is 25.8. The Morgan fingerprint density at radius 3 is 2.36 bits per heavy atom. The molecule has 10 nitrogen and oxygen atoms in total. The Kier molecular flexibility index (Phi) is 6.85. The minimum absolute atomic E-state index is 0.0874. The predicted octanol–water partition coefficient (Wildman–Crippen LogP) is 3.73. The van der Waals surface area contributed by atoms with E-state index in [0.717, 1.165) is 51.9 Å². The number of hydrogen-bond donors (Lipinski definition) is 4. The highest BCUT2D eigenvalue weighted by Gasteiger charge is 2.58. The maximum atomic E-state index is 13.3. The van der Waals surface area contributed by atoms with Gasteiger partial charge in [0.1, 0.15) is 0 Å². The molecular formula is C35H32N4O6. The second kappa shape index (κ2) is 10.4. The van der Waals surface area contributed by atoms with Gasteiger partial charge >= 0.3 is 11.9 Å². The van der Waals surface area contributed by atoms with Crippen molar-refractivity contribution in [3.8, 4) is 0 Å². The SMILES string of the molecule is C=Cc1c(C)c2[nH]c1=CC1=NC(=CC3=C(C)C4=C(O)C(O)(C(=O)OC)C(=C5N=C(C=2)C(C)=C5C=CC(=O)O)C4=N3)C(CC)=C1C. The fourth-order valence-electron chi connectivity index (χ4n) is 6.46. The molecule has 4 aliphatic heterocycles. The molecule has 0 fully saturated rings. The number of aromatic nitrogens is 1. The molecule has 0 saturated carbocycles. The van der Waals surface area contributed by atoms with Gasteiger partial charge in [-0.2, -0.15) is 0 Å². The Morgan fingerprint density at radius 2 is 1.71 bits per heavy atom. The number of carbonyl (C=O) groups is 2. The molecule has 4 N–H and O–H groups in total. The first-order chi connectivity index (χ1) is 21.4. The number of aliphatic imine (C=N–C) groups is 3. The molecule has 1 aliphatic carbocycles. The number of nitrogens with zero attached hydrogens (tertiary/aromatic N) is 3. The smallest absolute Gasteiger partial charge is 0.350 e. The highest BCUT2D eigenvalue weighted by Crippen LogP contribution is 2.49. The van der Waals surface area contributed by atoms with Gasteiger partial charge in [-0.25, -0.2) is 24.6 Å². The van der Waals surface area contributed by atoms with Crippen LogP contribution >= 0.6 is 0 Å². The normalized spacial score (nSPS) is 22.2. The lowest BCUT2D eigenvalue weighted by Gasteiger charge is -2.23. The van der Waals surface area contributed by atoms with Crippen molar-refractivity contribution in [2.45, 2.75) is 46.6 Å². The lowest BCUT2D eigenvalue weighted by atomic mass is 9.90. The number of rotatable bonds is 5. The van der Waals surface area contributed by atoms with Crippen molar-refractivity contribution >= 4 is 47.3 Å². The number of carboxylic acids is 1. The van der Waals surface area contributed by atoms with E-state index in [9.17, 15) is 24.9 Å². The lowest BCUT2D eigenvalue weighted by molar-refractivity contribution is -0.156. The molecule has 0 saturated heterocycles. The van der Waals surface area contributed by atoms with Gasteiger partial charge in [0.15, 0.2) is 5.76 Å². The zero-order chi connectivity index (χ0) is 32.5. The van der Waals surface area contributed by atoms with Crippen LogP contribution < -0.4 is 10.7 Å². The molecule has 0 spiro atoms. The molecule has 5 aliphatic rings.